The molecule has 122 valence electrons. The Balaban J connectivity index is 1.59. The molecule has 0 saturated heterocycles. The highest BCUT2D eigenvalue weighted by Gasteiger charge is 2.17. The lowest BCUT2D eigenvalue weighted by molar-refractivity contribution is -0.121. The van der Waals surface area contributed by atoms with Gasteiger partial charge in [0.15, 0.2) is 0 Å². The minimum Gasteiger partial charge on any atom is -0.494 e. The van der Waals surface area contributed by atoms with Gasteiger partial charge in [0.25, 0.3) is 0 Å². The first kappa shape index (κ1) is 16.0. The van der Waals surface area contributed by atoms with Gasteiger partial charge in [-0.2, -0.15) is 0 Å². The molecule has 0 aliphatic heterocycles. The molecule has 1 amide bonds. The topological polar surface area (TPSA) is 51.2 Å². The Labute approximate surface area is 140 Å². The van der Waals surface area contributed by atoms with Crippen LogP contribution in [0.4, 0.5) is 0 Å². The van der Waals surface area contributed by atoms with Gasteiger partial charge in [-0.3, -0.25) is 4.79 Å². The fourth-order valence-corrected chi connectivity index (χ4v) is 3.72. The van der Waals surface area contributed by atoms with Crippen molar-refractivity contribution in [1.82, 2.24) is 10.3 Å². The average Bonchev–Trinajstić information content (AvgIpc) is 3.20. The van der Waals surface area contributed by atoms with Crippen molar-refractivity contribution in [3.63, 3.8) is 0 Å². The zero-order valence-corrected chi connectivity index (χ0v) is 14.2. The molecule has 1 saturated carbocycles. The summed E-state index contributed by atoms with van der Waals surface area (Å²) in [6, 6.07) is 8.28. The van der Waals surface area contributed by atoms with Crippen molar-refractivity contribution in [2.24, 2.45) is 0 Å². The quantitative estimate of drug-likeness (QED) is 0.876. The maximum absolute atomic E-state index is 12.1. The van der Waals surface area contributed by atoms with Gasteiger partial charge in [-0.25, -0.2) is 4.98 Å². The number of amides is 1. The number of nitrogens with one attached hydrogen (secondary N) is 1. The van der Waals surface area contributed by atoms with Gasteiger partial charge in [0.1, 0.15) is 10.8 Å². The highest BCUT2D eigenvalue weighted by atomic mass is 32.1. The van der Waals surface area contributed by atoms with E-state index in [-0.39, 0.29) is 5.91 Å². The van der Waals surface area contributed by atoms with Crippen LogP contribution in [0.2, 0.25) is 0 Å². The van der Waals surface area contributed by atoms with E-state index < -0.39 is 0 Å². The summed E-state index contributed by atoms with van der Waals surface area (Å²) in [6.45, 7) is 2.63. The molecule has 4 nitrogen and oxygen atoms in total. The molecule has 0 unspecified atom stereocenters. The maximum atomic E-state index is 12.1. The minimum atomic E-state index is 0.0837. The van der Waals surface area contributed by atoms with E-state index in [9.17, 15) is 4.79 Å². The Hall–Kier alpha value is -1.88. The second-order valence-corrected chi connectivity index (χ2v) is 6.69. The molecule has 3 rings (SSSR count). The van der Waals surface area contributed by atoms with Crippen LogP contribution in [0.1, 0.15) is 38.3 Å². The summed E-state index contributed by atoms with van der Waals surface area (Å²) in [7, 11) is 0. The molecule has 1 heterocycles. The van der Waals surface area contributed by atoms with Crippen molar-refractivity contribution in [2.75, 3.05) is 6.61 Å². The number of benzene rings is 1. The van der Waals surface area contributed by atoms with Crippen molar-refractivity contribution in [3.05, 3.63) is 35.3 Å². The third kappa shape index (κ3) is 4.32. The van der Waals surface area contributed by atoms with Crippen LogP contribution in [0, 0.1) is 0 Å². The Kier molecular flexibility index (Phi) is 5.28. The molecule has 1 N–H and O–H groups in total. The van der Waals surface area contributed by atoms with Crippen LogP contribution >= 0.6 is 11.3 Å². The van der Waals surface area contributed by atoms with E-state index in [0.717, 1.165) is 34.9 Å². The van der Waals surface area contributed by atoms with E-state index in [0.29, 0.717) is 19.1 Å². The fourth-order valence-electron chi connectivity index (χ4n) is 2.89. The molecular weight excluding hydrogens is 308 g/mol. The van der Waals surface area contributed by atoms with E-state index in [1.54, 1.807) is 11.3 Å². The first-order valence-corrected chi connectivity index (χ1v) is 9.09. The molecule has 1 aliphatic carbocycles. The molecule has 5 heteroatoms. The number of ether oxygens (including phenoxy) is 1. The van der Waals surface area contributed by atoms with Gasteiger partial charge < -0.3 is 10.1 Å². The van der Waals surface area contributed by atoms with E-state index in [2.05, 4.69) is 10.3 Å². The minimum absolute atomic E-state index is 0.0837. The highest BCUT2D eigenvalue weighted by Crippen LogP contribution is 2.26. The predicted octanol–water partition coefficient (Wildman–Crippen LogP) is 3.81. The van der Waals surface area contributed by atoms with Crippen LogP contribution in [-0.4, -0.2) is 23.5 Å². The summed E-state index contributed by atoms with van der Waals surface area (Å²) in [5.74, 6) is 0.949. The van der Waals surface area contributed by atoms with Crippen LogP contribution in [0.25, 0.3) is 10.6 Å². The second kappa shape index (κ2) is 7.59. The summed E-state index contributed by atoms with van der Waals surface area (Å²) < 4.78 is 5.45. The molecule has 2 aromatic rings. The third-order valence-electron chi connectivity index (χ3n) is 4.03. The first-order chi connectivity index (χ1) is 11.2. The largest absolute Gasteiger partial charge is 0.494 e. The van der Waals surface area contributed by atoms with Gasteiger partial charge in [-0.15, -0.1) is 11.3 Å². The number of thiazole rings is 1. The number of nitrogens with zero attached hydrogens (tertiary/aromatic N) is 1. The molecule has 0 bridgehead atoms. The number of carbonyl (C=O) groups excluding carboxylic acids is 1. The molecular formula is C18H22N2O2S. The van der Waals surface area contributed by atoms with Crippen LogP contribution in [0.5, 0.6) is 5.75 Å². The molecule has 0 atom stereocenters. The number of aromatic nitrogens is 1. The number of hydrogen-bond donors (Lipinski definition) is 1. The van der Waals surface area contributed by atoms with Crippen molar-refractivity contribution in [3.8, 4) is 16.3 Å². The molecule has 1 aliphatic rings. The molecule has 1 fully saturated rings. The maximum Gasteiger partial charge on any atom is 0.226 e. The van der Waals surface area contributed by atoms with Gasteiger partial charge in [0.05, 0.1) is 18.7 Å². The lowest BCUT2D eigenvalue weighted by atomic mass is 10.2. The van der Waals surface area contributed by atoms with Gasteiger partial charge in [-0.05, 0) is 44.0 Å². The van der Waals surface area contributed by atoms with E-state index in [1.165, 1.54) is 12.8 Å². The molecule has 23 heavy (non-hydrogen) atoms. The Morgan fingerprint density at radius 2 is 2.04 bits per heavy atom. The number of hydrogen-bond acceptors (Lipinski definition) is 4. The van der Waals surface area contributed by atoms with Crippen LogP contribution in [0.15, 0.2) is 29.6 Å². The number of rotatable bonds is 6. The van der Waals surface area contributed by atoms with E-state index in [4.69, 9.17) is 4.74 Å². The normalized spacial score (nSPS) is 14.8. The van der Waals surface area contributed by atoms with E-state index >= 15 is 0 Å². The lowest BCUT2D eigenvalue weighted by Gasteiger charge is -2.10. The van der Waals surface area contributed by atoms with Crippen molar-refractivity contribution in [1.29, 1.82) is 0 Å². The average molecular weight is 330 g/mol. The zero-order chi connectivity index (χ0) is 16.1. The summed E-state index contributed by atoms with van der Waals surface area (Å²) in [6.07, 6.45) is 5.04. The van der Waals surface area contributed by atoms with Crippen molar-refractivity contribution < 1.29 is 9.53 Å². The van der Waals surface area contributed by atoms with Gasteiger partial charge >= 0.3 is 0 Å². The number of carbonyl (C=O) groups is 1. The van der Waals surface area contributed by atoms with Gasteiger partial charge in [0.2, 0.25) is 5.91 Å². The second-order valence-electron chi connectivity index (χ2n) is 5.83. The predicted molar refractivity (Wildman–Crippen MR) is 92.8 cm³/mol. The first-order valence-electron chi connectivity index (χ1n) is 8.21. The molecule has 1 aromatic carbocycles. The molecule has 1 aromatic heterocycles. The van der Waals surface area contributed by atoms with Crippen LogP contribution < -0.4 is 10.1 Å². The summed E-state index contributed by atoms with van der Waals surface area (Å²) in [4.78, 5) is 16.7. The van der Waals surface area contributed by atoms with E-state index in [1.807, 2.05) is 36.6 Å². The lowest BCUT2D eigenvalue weighted by Crippen LogP contribution is -2.33. The standard InChI is InChI=1S/C18H22N2O2S/c1-2-22-16-9-7-13(8-10-16)18-20-15(12-23-18)11-17(21)19-14-5-3-4-6-14/h7-10,12,14H,2-6,11H2,1H3,(H,19,21). The Morgan fingerprint density at radius 1 is 1.30 bits per heavy atom. The van der Waals surface area contributed by atoms with Crippen molar-refractivity contribution in [2.45, 2.75) is 45.1 Å². The monoisotopic (exact) mass is 330 g/mol. The summed E-state index contributed by atoms with van der Waals surface area (Å²) >= 11 is 1.57. The van der Waals surface area contributed by atoms with Gasteiger partial charge in [-0.1, -0.05) is 12.8 Å². The fraction of sp³-hybridized carbons (Fsp3) is 0.444. The van der Waals surface area contributed by atoms with Crippen LogP contribution in [0.3, 0.4) is 0 Å². The molecule has 0 radical (unpaired) electrons. The summed E-state index contributed by atoms with van der Waals surface area (Å²) in [5, 5.41) is 6.02. The zero-order valence-electron chi connectivity index (χ0n) is 13.4. The van der Waals surface area contributed by atoms with Gasteiger partial charge in [0, 0.05) is 17.0 Å². The Bertz CT molecular complexity index is 645. The van der Waals surface area contributed by atoms with Crippen molar-refractivity contribution >= 4 is 17.2 Å². The Morgan fingerprint density at radius 3 is 2.74 bits per heavy atom. The summed E-state index contributed by atoms with van der Waals surface area (Å²) in [5.41, 5.74) is 1.90. The molecule has 0 spiro atoms. The SMILES string of the molecule is CCOc1ccc(-c2nc(CC(=O)NC3CCCC3)cs2)cc1. The highest BCUT2D eigenvalue weighted by molar-refractivity contribution is 7.13. The smallest absolute Gasteiger partial charge is 0.226 e. The third-order valence-corrected chi connectivity index (χ3v) is 4.97. The van der Waals surface area contributed by atoms with Crippen LogP contribution in [-0.2, 0) is 11.2 Å².